The number of amides is 2. The number of hydrogen-bond acceptors (Lipinski definition) is 8. The summed E-state index contributed by atoms with van der Waals surface area (Å²) in [5, 5.41) is 0.521. The van der Waals surface area contributed by atoms with Gasteiger partial charge >= 0.3 is 0 Å². The molecule has 0 aliphatic heterocycles. The Morgan fingerprint density at radius 2 is 1.50 bits per heavy atom. The average Bonchev–Trinajstić information content (AvgIpc) is 2.73. The number of nitrogens with two attached hydrogens (primary N) is 1. The summed E-state index contributed by atoms with van der Waals surface area (Å²) in [6.45, 7) is 0. The Labute approximate surface area is 164 Å². The number of benzene rings is 1. The topological polar surface area (TPSA) is 147 Å². The third-order valence-corrected chi connectivity index (χ3v) is 3.73. The van der Waals surface area contributed by atoms with Crippen LogP contribution in [0.5, 0.6) is 0 Å². The van der Waals surface area contributed by atoms with Crippen LogP contribution in [0.2, 0.25) is 5.02 Å². The standard InChI is InChI=1S/C17H15ClN8O2/c18-11-6-4-10(5-7-11)16(27)25-23-14-13(19)15(22-9-21-14)24-26-17(28)12-3-1-2-8-20-12/h1-9H,19H2,(H,25,27)(H,26,28)(H2,21,22,23,24). The minimum atomic E-state index is -0.468. The van der Waals surface area contributed by atoms with Gasteiger partial charge in [-0.1, -0.05) is 17.7 Å². The monoisotopic (exact) mass is 398 g/mol. The third-order valence-electron chi connectivity index (χ3n) is 3.48. The lowest BCUT2D eigenvalue weighted by molar-refractivity contribution is 0.0952. The van der Waals surface area contributed by atoms with E-state index in [1.54, 1.807) is 42.5 Å². The molecular weight excluding hydrogens is 384 g/mol. The minimum absolute atomic E-state index is 0.0835. The quantitative estimate of drug-likeness (QED) is 0.393. The molecule has 3 rings (SSSR count). The van der Waals surface area contributed by atoms with Gasteiger partial charge in [0, 0.05) is 16.8 Å². The molecule has 6 N–H and O–H groups in total. The number of rotatable bonds is 6. The highest BCUT2D eigenvalue weighted by molar-refractivity contribution is 6.30. The predicted octanol–water partition coefficient (Wildman–Crippen LogP) is 1.62. The van der Waals surface area contributed by atoms with Crippen molar-refractivity contribution in [1.82, 2.24) is 25.8 Å². The first-order valence-electron chi connectivity index (χ1n) is 7.94. The molecule has 0 bridgehead atoms. The molecule has 11 heteroatoms. The van der Waals surface area contributed by atoms with Crippen molar-refractivity contribution in [1.29, 1.82) is 0 Å². The fourth-order valence-electron chi connectivity index (χ4n) is 2.06. The van der Waals surface area contributed by atoms with Gasteiger partial charge in [-0.2, -0.15) is 0 Å². The van der Waals surface area contributed by atoms with E-state index in [4.69, 9.17) is 17.3 Å². The number of nitrogen functional groups attached to an aromatic ring is 1. The summed E-state index contributed by atoms with van der Waals surface area (Å²) in [6, 6.07) is 11.3. The Hall–Kier alpha value is -3.92. The zero-order chi connectivity index (χ0) is 19.9. The summed E-state index contributed by atoms with van der Waals surface area (Å²) in [4.78, 5) is 36.0. The maximum atomic E-state index is 12.1. The summed E-state index contributed by atoms with van der Waals surface area (Å²) in [5.74, 6) is -0.591. The van der Waals surface area contributed by atoms with E-state index in [-0.39, 0.29) is 23.0 Å². The van der Waals surface area contributed by atoms with Crippen LogP contribution in [0.4, 0.5) is 17.3 Å². The average molecular weight is 399 g/mol. The van der Waals surface area contributed by atoms with Crippen molar-refractivity contribution in [3.05, 3.63) is 71.3 Å². The highest BCUT2D eigenvalue weighted by atomic mass is 35.5. The summed E-state index contributed by atoms with van der Waals surface area (Å²) in [6.07, 6.45) is 2.71. The molecular formula is C17H15ClN8O2. The van der Waals surface area contributed by atoms with E-state index in [0.717, 1.165) is 0 Å². The second-order valence-electron chi connectivity index (χ2n) is 5.36. The lowest BCUT2D eigenvalue weighted by atomic mass is 10.2. The SMILES string of the molecule is Nc1c(NNC(=O)c2ccc(Cl)cc2)ncnc1NNC(=O)c1ccccn1. The van der Waals surface area contributed by atoms with Gasteiger partial charge in [0.1, 0.15) is 17.7 Å². The van der Waals surface area contributed by atoms with Gasteiger partial charge in [-0.05, 0) is 36.4 Å². The van der Waals surface area contributed by atoms with E-state index < -0.39 is 11.8 Å². The first-order valence-corrected chi connectivity index (χ1v) is 8.32. The Morgan fingerprint density at radius 3 is 2.11 bits per heavy atom. The van der Waals surface area contributed by atoms with Crippen molar-refractivity contribution < 1.29 is 9.59 Å². The van der Waals surface area contributed by atoms with Crippen molar-refractivity contribution >= 4 is 40.7 Å². The van der Waals surface area contributed by atoms with E-state index >= 15 is 0 Å². The lowest BCUT2D eigenvalue weighted by Gasteiger charge is -2.13. The van der Waals surface area contributed by atoms with Gasteiger partial charge in [-0.3, -0.25) is 36.3 Å². The number of aromatic nitrogens is 3. The number of pyridine rings is 1. The van der Waals surface area contributed by atoms with E-state index in [2.05, 4.69) is 36.7 Å². The summed E-state index contributed by atoms with van der Waals surface area (Å²) >= 11 is 5.80. The maximum Gasteiger partial charge on any atom is 0.288 e. The predicted molar refractivity (Wildman–Crippen MR) is 104 cm³/mol. The van der Waals surface area contributed by atoms with Crippen molar-refractivity contribution in [3.63, 3.8) is 0 Å². The van der Waals surface area contributed by atoms with Crippen LogP contribution >= 0.6 is 11.6 Å². The number of nitrogens with one attached hydrogen (secondary N) is 4. The molecule has 0 radical (unpaired) electrons. The molecule has 3 aromatic rings. The molecule has 2 amide bonds. The summed E-state index contributed by atoms with van der Waals surface area (Å²) in [5.41, 5.74) is 16.8. The van der Waals surface area contributed by atoms with Crippen LogP contribution in [-0.4, -0.2) is 26.8 Å². The fraction of sp³-hybridized carbons (Fsp3) is 0. The second kappa shape index (κ2) is 8.64. The highest BCUT2D eigenvalue weighted by Gasteiger charge is 2.12. The van der Waals surface area contributed by atoms with Crippen LogP contribution in [0.25, 0.3) is 0 Å². The molecule has 2 aromatic heterocycles. The third kappa shape index (κ3) is 4.62. The normalized spacial score (nSPS) is 10.0. The largest absolute Gasteiger partial charge is 0.393 e. The van der Waals surface area contributed by atoms with E-state index in [0.29, 0.717) is 10.6 Å². The molecule has 0 aliphatic carbocycles. The van der Waals surface area contributed by atoms with Gasteiger partial charge in [0.25, 0.3) is 11.8 Å². The number of carbonyl (C=O) groups is 2. The zero-order valence-electron chi connectivity index (χ0n) is 14.3. The lowest BCUT2D eigenvalue weighted by Crippen LogP contribution is -2.32. The van der Waals surface area contributed by atoms with E-state index in [1.807, 2.05) is 0 Å². The van der Waals surface area contributed by atoms with Crippen LogP contribution in [0, 0.1) is 0 Å². The van der Waals surface area contributed by atoms with Gasteiger partial charge in [-0.25, -0.2) is 9.97 Å². The molecule has 0 spiro atoms. The van der Waals surface area contributed by atoms with Gasteiger partial charge in [0.15, 0.2) is 11.6 Å². The van der Waals surface area contributed by atoms with Gasteiger partial charge in [-0.15, -0.1) is 0 Å². The second-order valence-corrected chi connectivity index (χ2v) is 5.80. The van der Waals surface area contributed by atoms with Crippen molar-refractivity contribution in [2.24, 2.45) is 0 Å². The number of carbonyl (C=O) groups excluding carboxylic acids is 2. The van der Waals surface area contributed by atoms with Crippen LogP contribution in [0.15, 0.2) is 55.0 Å². The number of anilines is 3. The van der Waals surface area contributed by atoms with E-state index in [1.165, 1.54) is 12.5 Å². The van der Waals surface area contributed by atoms with Crippen LogP contribution in [0.1, 0.15) is 20.8 Å². The highest BCUT2D eigenvalue weighted by Crippen LogP contribution is 2.21. The van der Waals surface area contributed by atoms with Crippen LogP contribution < -0.4 is 27.4 Å². The molecule has 0 unspecified atom stereocenters. The van der Waals surface area contributed by atoms with Gasteiger partial charge in [0.2, 0.25) is 0 Å². The molecule has 10 nitrogen and oxygen atoms in total. The first kappa shape index (κ1) is 18.9. The minimum Gasteiger partial charge on any atom is -0.393 e. The molecule has 142 valence electrons. The molecule has 1 aromatic carbocycles. The number of nitrogens with zero attached hydrogens (tertiary/aromatic N) is 3. The Kier molecular flexibility index (Phi) is 5.82. The van der Waals surface area contributed by atoms with Crippen LogP contribution in [0.3, 0.4) is 0 Å². The van der Waals surface area contributed by atoms with E-state index in [9.17, 15) is 9.59 Å². The Morgan fingerprint density at radius 1 is 0.857 bits per heavy atom. The van der Waals surface area contributed by atoms with Crippen molar-refractivity contribution in [2.75, 3.05) is 16.6 Å². The molecule has 0 fully saturated rings. The molecule has 0 saturated carbocycles. The van der Waals surface area contributed by atoms with Crippen LogP contribution in [-0.2, 0) is 0 Å². The van der Waals surface area contributed by atoms with Crippen molar-refractivity contribution in [3.8, 4) is 0 Å². The first-order chi connectivity index (χ1) is 13.5. The number of halogens is 1. The van der Waals surface area contributed by atoms with Crippen molar-refractivity contribution in [2.45, 2.75) is 0 Å². The Balaban J connectivity index is 1.61. The van der Waals surface area contributed by atoms with Gasteiger partial charge in [0.05, 0.1) is 0 Å². The number of hydrogen-bond donors (Lipinski definition) is 5. The molecule has 0 saturated heterocycles. The fourth-order valence-corrected chi connectivity index (χ4v) is 2.19. The summed E-state index contributed by atoms with van der Waals surface area (Å²) in [7, 11) is 0. The summed E-state index contributed by atoms with van der Waals surface area (Å²) < 4.78 is 0. The molecule has 2 heterocycles. The smallest absolute Gasteiger partial charge is 0.288 e. The molecule has 28 heavy (non-hydrogen) atoms. The molecule has 0 aliphatic rings. The maximum absolute atomic E-state index is 12.1. The molecule has 0 atom stereocenters. The Bertz CT molecular complexity index is 982. The zero-order valence-corrected chi connectivity index (χ0v) is 15.1. The van der Waals surface area contributed by atoms with Gasteiger partial charge < -0.3 is 5.73 Å². The number of hydrazine groups is 2.